The number of rotatable bonds is 9. The second-order valence-corrected chi connectivity index (χ2v) is 5.85. The van der Waals surface area contributed by atoms with Crippen LogP contribution in [-0.2, 0) is 11.2 Å². The van der Waals surface area contributed by atoms with Gasteiger partial charge in [-0.3, -0.25) is 4.79 Å². The summed E-state index contributed by atoms with van der Waals surface area (Å²) in [5, 5.41) is 12.2. The normalized spacial score (nSPS) is 10.7. The summed E-state index contributed by atoms with van der Waals surface area (Å²) in [6.45, 7) is 2.76. The van der Waals surface area contributed by atoms with E-state index in [-0.39, 0.29) is 5.57 Å². The van der Waals surface area contributed by atoms with Crippen molar-refractivity contribution in [3.8, 4) is 23.3 Å². The fourth-order valence-corrected chi connectivity index (χ4v) is 2.65. The van der Waals surface area contributed by atoms with Crippen molar-refractivity contribution in [1.82, 2.24) is 5.32 Å². The number of nitriles is 1. The maximum atomic E-state index is 12.4. The fourth-order valence-electron chi connectivity index (χ4n) is 2.65. The molecule has 0 aliphatic rings. The molecular weight excluding hydrogens is 356 g/mol. The summed E-state index contributed by atoms with van der Waals surface area (Å²) in [5.74, 6) is 0.990. The van der Waals surface area contributed by atoms with Gasteiger partial charge in [-0.2, -0.15) is 5.26 Å². The highest BCUT2D eigenvalue weighted by Gasteiger charge is 2.15. The van der Waals surface area contributed by atoms with Crippen LogP contribution in [0.4, 0.5) is 0 Å². The molecule has 0 heterocycles. The van der Waals surface area contributed by atoms with Gasteiger partial charge in [0.05, 0.1) is 20.8 Å². The van der Waals surface area contributed by atoms with Gasteiger partial charge in [-0.05, 0) is 42.7 Å². The molecule has 0 aliphatic carbocycles. The molecular formula is C22H24N2O4. The van der Waals surface area contributed by atoms with Crippen LogP contribution in [0.2, 0.25) is 0 Å². The van der Waals surface area contributed by atoms with Gasteiger partial charge in [0.1, 0.15) is 11.6 Å². The Balaban J connectivity index is 2.16. The highest BCUT2D eigenvalue weighted by atomic mass is 16.5. The average Bonchev–Trinajstić information content (AvgIpc) is 2.73. The van der Waals surface area contributed by atoms with Gasteiger partial charge in [0.2, 0.25) is 5.75 Å². The van der Waals surface area contributed by atoms with Crippen molar-refractivity contribution in [2.45, 2.75) is 13.3 Å². The lowest BCUT2D eigenvalue weighted by atomic mass is 10.1. The summed E-state index contributed by atoms with van der Waals surface area (Å²) in [5.41, 5.74) is 1.72. The van der Waals surface area contributed by atoms with Crippen LogP contribution in [0, 0.1) is 11.3 Å². The van der Waals surface area contributed by atoms with Crippen LogP contribution in [0.3, 0.4) is 0 Å². The highest BCUT2D eigenvalue weighted by molar-refractivity contribution is 6.01. The first-order chi connectivity index (χ1) is 13.6. The van der Waals surface area contributed by atoms with Crippen molar-refractivity contribution in [3.63, 3.8) is 0 Å². The maximum Gasteiger partial charge on any atom is 0.261 e. The van der Waals surface area contributed by atoms with Crippen LogP contribution in [-0.4, -0.2) is 33.3 Å². The summed E-state index contributed by atoms with van der Waals surface area (Å²) >= 11 is 0. The number of carbonyl (C=O) groups is 1. The lowest BCUT2D eigenvalue weighted by Gasteiger charge is -2.14. The molecule has 0 aromatic heterocycles. The smallest absolute Gasteiger partial charge is 0.261 e. The van der Waals surface area contributed by atoms with Gasteiger partial charge < -0.3 is 19.5 Å². The predicted octanol–water partition coefficient (Wildman–Crippen LogP) is 3.37. The molecule has 0 saturated heterocycles. The van der Waals surface area contributed by atoms with Gasteiger partial charge in [-0.1, -0.05) is 30.3 Å². The molecule has 6 heteroatoms. The van der Waals surface area contributed by atoms with Gasteiger partial charge in [-0.15, -0.1) is 0 Å². The minimum atomic E-state index is -0.426. The molecule has 2 rings (SSSR count). The molecule has 28 heavy (non-hydrogen) atoms. The number of hydrogen-bond acceptors (Lipinski definition) is 5. The van der Waals surface area contributed by atoms with Crippen molar-refractivity contribution in [2.24, 2.45) is 0 Å². The number of ether oxygens (including phenoxy) is 3. The average molecular weight is 380 g/mol. The van der Waals surface area contributed by atoms with E-state index in [4.69, 9.17) is 14.2 Å². The Morgan fingerprint density at radius 1 is 1.14 bits per heavy atom. The summed E-state index contributed by atoms with van der Waals surface area (Å²) in [4.78, 5) is 12.4. The van der Waals surface area contributed by atoms with E-state index in [1.807, 2.05) is 43.3 Å². The van der Waals surface area contributed by atoms with E-state index in [0.717, 1.165) is 5.56 Å². The van der Waals surface area contributed by atoms with Crippen LogP contribution in [0.1, 0.15) is 18.1 Å². The number of carbonyl (C=O) groups excluding carboxylic acids is 1. The number of nitrogens with one attached hydrogen (secondary N) is 1. The monoisotopic (exact) mass is 380 g/mol. The number of nitrogens with zero attached hydrogens (tertiary/aromatic N) is 1. The Bertz CT molecular complexity index is 845. The summed E-state index contributed by atoms with van der Waals surface area (Å²) in [6, 6.07) is 15.2. The SMILES string of the molecule is CCOc1c(OC)cc(/C=C(/C#N)C(=O)NCCc2ccccc2)cc1OC. The van der Waals surface area contributed by atoms with Crippen molar-refractivity contribution < 1.29 is 19.0 Å². The molecule has 0 fully saturated rings. The van der Waals surface area contributed by atoms with E-state index >= 15 is 0 Å². The Labute approximate surface area is 165 Å². The summed E-state index contributed by atoms with van der Waals surface area (Å²) < 4.78 is 16.3. The van der Waals surface area contributed by atoms with E-state index in [1.165, 1.54) is 20.3 Å². The van der Waals surface area contributed by atoms with Crippen molar-refractivity contribution in [2.75, 3.05) is 27.4 Å². The zero-order valence-electron chi connectivity index (χ0n) is 16.3. The Hall–Kier alpha value is -3.46. The van der Waals surface area contributed by atoms with Crippen molar-refractivity contribution in [3.05, 3.63) is 59.2 Å². The van der Waals surface area contributed by atoms with E-state index in [0.29, 0.717) is 42.4 Å². The number of amides is 1. The zero-order chi connectivity index (χ0) is 20.4. The van der Waals surface area contributed by atoms with Gasteiger partial charge in [0.15, 0.2) is 11.5 Å². The van der Waals surface area contributed by atoms with Gasteiger partial charge in [0.25, 0.3) is 5.91 Å². The second kappa shape index (κ2) is 10.6. The lowest BCUT2D eigenvalue weighted by Crippen LogP contribution is -2.26. The summed E-state index contributed by atoms with van der Waals surface area (Å²) in [7, 11) is 3.04. The Morgan fingerprint density at radius 2 is 1.79 bits per heavy atom. The highest BCUT2D eigenvalue weighted by Crippen LogP contribution is 2.39. The van der Waals surface area contributed by atoms with E-state index < -0.39 is 5.91 Å². The first-order valence-corrected chi connectivity index (χ1v) is 8.95. The first kappa shape index (κ1) is 20.8. The molecule has 146 valence electrons. The quantitative estimate of drug-likeness (QED) is 0.533. The standard InChI is InChI=1S/C22H24N2O4/c1-4-28-21-19(26-2)13-17(14-20(21)27-3)12-18(15-23)22(25)24-11-10-16-8-6-5-7-9-16/h5-9,12-14H,4,10-11H2,1-3H3,(H,24,25)/b18-12-. The molecule has 6 nitrogen and oxygen atoms in total. The second-order valence-electron chi connectivity index (χ2n) is 5.85. The molecule has 0 unspecified atom stereocenters. The molecule has 0 radical (unpaired) electrons. The van der Waals surface area contributed by atoms with Gasteiger partial charge >= 0.3 is 0 Å². The van der Waals surface area contributed by atoms with Gasteiger partial charge in [-0.25, -0.2) is 0 Å². The maximum absolute atomic E-state index is 12.4. The Morgan fingerprint density at radius 3 is 2.32 bits per heavy atom. The molecule has 2 aromatic rings. The van der Waals surface area contributed by atoms with E-state index in [2.05, 4.69) is 5.32 Å². The Kier molecular flexibility index (Phi) is 7.92. The van der Waals surface area contributed by atoms with Crippen LogP contribution < -0.4 is 19.5 Å². The van der Waals surface area contributed by atoms with Gasteiger partial charge in [0, 0.05) is 6.54 Å². The minimum absolute atomic E-state index is 0.00123. The van der Waals surface area contributed by atoms with Crippen molar-refractivity contribution >= 4 is 12.0 Å². The molecule has 0 bridgehead atoms. The molecule has 0 atom stereocenters. The number of methoxy groups -OCH3 is 2. The molecule has 0 spiro atoms. The topological polar surface area (TPSA) is 80.6 Å². The van der Waals surface area contributed by atoms with Crippen LogP contribution in [0.15, 0.2) is 48.0 Å². The van der Waals surface area contributed by atoms with Crippen LogP contribution in [0.5, 0.6) is 17.2 Å². The third-order valence-corrected chi connectivity index (χ3v) is 3.99. The molecule has 0 saturated carbocycles. The third-order valence-electron chi connectivity index (χ3n) is 3.99. The first-order valence-electron chi connectivity index (χ1n) is 8.95. The van der Waals surface area contributed by atoms with Crippen LogP contribution >= 0.6 is 0 Å². The number of hydrogen-bond donors (Lipinski definition) is 1. The minimum Gasteiger partial charge on any atom is -0.493 e. The fraction of sp³-hybridized carbons (Fsp3) is 0.273. The number of benzene rings is 2. The molecule has 1 N–H and O–H groups in total. The summed E-state index contributed by atoms with van der Waals surface area (Å²) in [6.07, 6.45) is 2.19. The third kappa shape index (κ3) is 5.52. The molecule has 0 aliphatic heterocycles. The molecule has 1 amide bonds. The van der Waals surface area contributed by atoms with Crippen molar-refractivity contribution in [1.29, 1.82) is 5.26 Å². The van der Waals surface area contributed by atoms with Crippen LogP contribution in [0.25, 0.3) is 6.08 Å². The molecule has 2 aromatic carbocycles. The zero-order valence-corrected chi connectivity index (χ0v) is 16.3. The lowest BCUT2D eigenvalue weighted by molar-refractivity contribution is -0.117. The largest absolute Gasteiger partial charge is 0.493 e. The van der Waals surface area contributed by atoms with E-state index in [1.54, 1.807) is 12.1 Å². The van der Waals surface area contributed by atoms with E-state index in [9.17, 15) is 10.1 Å². The predicted molar refractivity (Wildman–Crippen MR) is 107 cm³/mol.